The number of carbonyl (C=O) groups is 1. The number of rotatable bonds is 4. The minimum Gasteiger partial charge on any atom is -0.490 e. The van der Waals surface area contributed by atoms with Gasteiger partial charge in [0.05, 0.1) is 18.8 Å². The van der Waals surface area contributed by atoms with Crippen LogP contribution in [-0.4, -0.2) is 43.6 Å². The van der Waals surface area contributed by atoms with E-state index in [2.05, 4.69) is 9.71 Å². The second kappa shape index (κ2) is 6.25. The number of hydrogen-bond donors (Lipinski definition) is 1. The molecule has 128 valence electrons. The number of aryl methyl sites for hydroxylation is 2. The molecule has 1 aromatic carbocycles. The molecular weight excluding hydrogens is 332 g/mol. The van der Waals surface area contributed by atoms with Gasteiger partial charge in [-0.3, -0.25) is 4.79 Å². The third kappa shape index (κ3) is 3.13. The van der Waals surface area contributed by atoms with Gasteiger partial charge in [-0.1, -0.05) is 12.1 Å². The number of ether oxygens (including phenoxy) is 1. The quantitative estimate of drug-likeness (QED) is 0.863. The fourth-order valence-electron chi connectivity index (χ4n) is 2.41. The maximum absolute atomic E-state index is 12.4. The summed E-state index contributed by atoms with van der Waals surface area (Å²) in [5, 5.41) is -0.0994. The Balaban J connectivity index is 1.72. The van der Waals surface area contributed by atoms with Gasteiger partial charge in [-0.2, -0.15) is 0 Å². The zero-order chi connectivity index (χ0) is 17.3. The summed E-state index contributed by atoms with van der Waals surface area (Å²) < 4.78 is 33.9. The van der Waals surface area contributed by atoms with E-state index >= 15 is 0 Å². The fourth-order valence-corrected chi connectivity index (χ4v) is 3.42. The first-order chi connectivity index (χ1) is 11.4. The highest BCUT2D eigenvalue weighted by Crippen LogP contribution is 2.30. The van der Waals surface area contributed by atoms with E-state index in [-0.39, 0.29) is 17.5 Å². The number of benzene rings is 1. The maximum atomic E-state index is 12.4. The van der Waals surface area contributed by atoms with Crippen LogP contribution in [0.2, 0.25) is 0 Å². The van der Waals surface area contributed by atoms with Gasteiger partial charge < -0.3 is 14.2 Å². The van der Waals surface area contributed by atoms with Gasteiger partial charge in [-0.25, -0.2) is 18.1 Å². The van der Waals surface area contributed by atoms with Crippen LogP contribution in [0.3, 0.4) is 0 Å². The Morgan fingerprint density at radius 2 is 2.12 bits per heavy atom. The lowest BCUT2D eigenvalue weighted by Crippen LogP contribution is -2.44. The molecule has 1 aliphatic rings. The maximum Gasteiger partial charge on any atom is 0.260 e. The SMILES string of the molecule is Cc1nc(S(=O)(=O)NCC(=O)N2CCOc3ccccc32)cn1C. The summed E-state index contributed by atoms with van der Waals surface area (Å²) in [5.41, 5.74) is 0.640. The molecule has 2 aromatic rings. The van der Waals surface area contributed by atoms with Crippen molar-refractivity contribution in [3.05, 3.63) is 36.3 Å². The molecule has 0 bridgehead atoms. The second-order valence-corrected chi connectivity index (χ2v) is 7.14. The molecule has 0 fully saturated rings. The summed E-state index contributed by atoms with van der Waals surface area (Å²) in [5.74, 6) is 0.839. The average molecular weight is 350 g/mol. The fraction of sp³-hybridized carbons (Fsp3) is 0.333. The predicted molar refractivity (Wildman–Crippen MR) is 87.4 cm³/mol. The van der Waals surface area contributed by atoms with Crippen molar-refractivity contribution in [3.63, 3.8) is 0 Å². The van der Waals surface area contributed by atoms with Crippen molar-refractivity contribution < 1.29 is 17.9 Å². The first-order valence-corrected chi connectivity index (χ1v) is 8.88. The van der Waals surface area contributed by atoms with Crippen molar-refractivity contribution >= 4 is 21.6 Å². The van der Waals surface area contributed by atoms with Crippen LogP contribution in [0.4, 0.5) is 5.69 Å². The Hall–Kier alpha value is -2.39. The third-order valence-electron chi connectivity index (χ3n) is 3.80. The highest BCUT2D eigenvalue weighted by atomic mass is 32.2. The van der Waals surface area contributed by atoms with E-state index in [9.17, 15) is 13.2 Å². The zero-order valence-electron chi connectivity index (χ0n) is 13.4. The summed E-state index contributed by atoms with van der Waals surface area (Å²) in [6.07, 6.45) is 1.41. The van der Waals surface area contributed by atoms with Gasteiger partial charge in [0, 0.05) is 13.2 Å². The number of imidazole rings is 1. The highest BCUT2D eigenvalue weighted by molar-refractivity contribution is 7.89. The van der Waals surface area contributed by atoms with Crippen LogP contribution in [0.15, 0.2) is 35.5 Å². The number of aromatic nitrogens is 2. The van der Waals surface area contributed by atoms with Gasteiger partial charge in [0.25, 0.3) is 10.0 Å². The predicted octanol–water partition coefficient (Wildman–Crippen LogP) is 0.432. The number of nitrogens with zero attached hydrogens (tertiary/aromatic N) is 3. The first-order valence-electron chi connectivity index (χ1n) is 7.40. The summed E-state index contributed by atoms with van der Waals surface area (Å²) in [6.45, 7) is 2.11. The summed E-state index contributed by atoms with van der Waals surface area (Å²) in [6, 6.07) is 7.16. The molecule has 0 unspecified atom stereocenters. The van der Waals surface area contributed by atoms with Gasteiger partial charge >= 0.3 is 0 Å². The van der Waals surface area contributed by atoms with Crippen molar-refractivity contribution in [1.29, 1.82) is 0 Å². The number of sulfonamides is 1. The van der Waals surface area contributed by atoms with Crippen molar-refractivity contribution in [2.45, 2.75) is 11.9 Å². The van der Waals surface area contributed by atoms with E-state index < -0.39 is 10.0 Å². The zero-order valence-corrected chi connectivity index (χ0v) is 14.2. The topological polar surface area (TPSA) is 93.5 Å². The molecule has 0 saturated carbocycles. The Kier molecular flexibility index (Phi) is 4.29. The number of nitrogens with one attached hydrogen (secondary N) is 1. The van der Waals surface area contributed by atoms with Crippen molar-refractivity contribution in [2.75, 3.05) is 24.6 Å². The molecule has 0 spiro atoms. The first kappa shape index (κ1) is 16.5. The Morgan fingerprint density at radius 3 is 2.83 bits per heavy atom. The number of amides is 1. The molecule has 1 aromatic heterocycles. The van der Waals surface area contributed by atoms with Crippen molar-refractivity contribution in [3.8, 4) is 5.75 Å². The summed E-state index contributed by atoms with van der Waals surface area (Å²) in [7, 11) is -2.13. The smallest absolute Gasteiger partial charge is 0.260 e. The van der Waals surface area contributed by atoms with E-state index in [4.69, 9.17) is 4.74 Å². The van der Waals surface area contributed by atoms with Gasteiger partial charge in [0.1, 0.15) is 18.2 Å². The summed E-state index contributed by atoms with van der Waals surface area (Å²) >= 11 is 0. The number of para-hydroxylation sites is 2. The molecule has 1 amide bonds. The Morgan fingerprint density at radius 1 is 1.38 bits per heavy atom. The molecule has 0 aliphatic carbocycles. The standard InChI is InChI=1S/C15H18N4O4S/c1-11-17-14(10-18(11)2)24(21,22)16-9-15(20)19-7-8-23-13-6-4-3-5-12(13)19/h3-6,10,16H,7-9H2,1-2H3. The molecule has 0 radical (unpaired) electrons. The van der Waals surface area contributed by atoms with E-state index in [1.54, 1.807) is 36.7 Å². The Bertz CT molecular complexity index is 856. The van der Waals surface area contributed by atoms with Crippen molar-refractivity contribution in [1.82, 2.24) is 14.3 Å². The monoisotopic (exact) mass is 350 g/mol. The van der Waals surface area contributed by atoms with Crippen molar-refractivity contribution in [2.24, 2.45) is 7.05 Å². The lowest BCUT2D eigenvalue weighted by atomic mass is 10.2. The van der Waals surface area contributed by atoms with Crippen LogP contribution in [0.5, 0.6) is 5.75 Å². The van der Waals surface area contributed by atoms with Crippen LogP contribution in [0.25, 0.3) is 0 Å². The number of fused-ring (bicyclic) bond motifs is 1. The minimum absolute atomic E-state index is 0.0994. The van der Waals surface area contributed by atoms with Crippen LogP contribution in [0, 0.1) is 6.92 Å². The third-order valence-corrected chi connectivity index (χ3v) is 5.08. The number of hydrogen-bond acceptors (Lipinski definition) is 5. The van der Waals surface area contributed by atoms with Crippen LogP contribution in [0.1, 0.15) is 5.82 Å². The lowest BCUT2D eigenvalue weighted by molar-refractivity contribution is -0.117. The number of anilines is 1. The normalized spacial score (nSPS) is 14.2. The largest absolute Gasteiger partial charge is 0.490 e. The minimum atomic E-state index is -3.83. The summed E-state index contributed by atoms with van der Waals surface area (Å²) in [4.78, 5) is 17.9. The molecule has 8 nitrogen and oxygen atoms in total. The van der Waals surface area contributed by atoms with E-state index in [0.717, 1.165) is 0 Å². The van der Waals surface area contributed by atoms with Gasteiger partial charge in [0.2, 0.25) is 5.91 Å². The molecule has 24 heavy (non-hydrogen) atoms. The van der Waals surface area contributed by atoms with E-state index in [1.165, 1.54) is 11.1 Å². The molecule has 0 saturated heterocycles. The van der Waals surface area contributed by atoms with Gasteiger partial charge in [-0.05, 0) is 19.1 Å². The van der Waals surface area contributed by atoms with Crippen LogP contribution >= 0.6 is 0 Å². The van der Waals surface area contributed by atoms with Crippen LogP contribution < -0.4 is 14.4 Å². The number of carbonyl (C=O) groups excluding carboxylic acids is 1. The Labute approximate surface area is 140 Å². The molecule has 2 heterocycles. The second-order valence-electron chi connectivity index (χ2n) is 5.42. The average Bonchev–Trinajstić information content (AvgIpc) is 2.92. The van der Waals surface area contributed by atoms with Crippen LogP contribution in [-0.2, 0) is 21.9 Å². The van der Waals surface area contributed by atoms with Gasteiger partial charge in [-0.15, -0.1) is 0 Å². The molecule has 1 aliphatic heterocycles. The highest BCUT2D eigenvalue weighted by Gasteiger charge is 2.25. The van der Waals surface area contributed by atoms with E-state index in [0.29, 0.717) is 30.4 Å². The lowest BCUT2D eigenvalue weighted by Gasteiger charge is -2.29. The molecule has 3 rings (SSSR count). The molecule has 9 heteroatoms. The van der Waals surface area contributed by atoms with Gasteiger partial charge in [0.15, 0.2) is 5.03 Å². The van der Waals surface area contributed by atoms with E-state index in [1.807, 2.05) is 6.07 Å². The molecular formula is C15H18N4O4S. The molecule has 0 atom stereocenters. The molecule has 1 N–H and O–H groups in total.